The van der Waals surface area contributed by atoms with Gasteiger partial charge >= 0.3 is 6.61 Å². The van der Waals surface area contributed by atoms with Crippen LogP contribution in [-0.4, -0.2) is 25.5 Å². The molecule has 0 aromatic heterocycles. The van der Waals surface area contributed by atoms with Gasteiger partial charge in [-0.15, -0.1) is 0 Å². The summed E-state index contributed by atoms with van der Waals surface area (Å²) in [5.74, 6) is 1.48. The molecule has 0 heterocycles. The quantitative estimate of drug-likeness (QED) is 0.501. The Bertz CT molecular complexity index is 836. The van der Waals surface area contributed by atoms with Crippen LogP contribution in [0.2, 0.25) is 0 Å². The maximum absolute atomic E-state index is 12.7. The maximum Gasteiger partial charge on any atom is 0.387 e. The van der Waals surface area contributed by atoms with Gasteiger partial charge in [0.15, 0.2) is 11.5 Å². The summed E-state index contributed by atoms with van der Waals surface area (Å²) < 4.78 is 35.0. The van der Waals surface area contributed by atoms with Crippen LogP contribution in [0.1, 0.15) is 50.5 Å². The van der Waals surface area contributed by atoms with E-state index in [0.29, 0.717) is 6.42 Å². The Kier molecular flexibility index (Phi) is 6.16. The molecule has 31 heavy (non-hydrogen) atoms. The van der Waals surface area contributed by atoms with Gasteiger partial charge in [0.25, 0.3) is 5.91 Å². The molecule has 4 aliphatic carbocycles. The van der Waals surface area contributed by atoms with E-state index in [1.165, 1.54) is 44.6 Å². The summed E-state index contributed by atoms with van der Waals surface area (Å²) in [5.41, 5.74) is 5.22. The molecule has 1 aromatic rings. The standard InChI is InChI=1S/C23H28F2N2O4/c1-30-18-4-2-3-17(21(18)31-22(24)25)5-6-19(28)26-27-20(29)13-23-10-14-7-15(11-23)9-16(8-14)12-23/h2-6,14-16,22H,7-13H2,1H3,(H,26,28)(H,27,29)/b6-5+. The van der Waals surface area contributed by atoms with Crippen LogP contribution in [0.15, 0.2) is 24.3 Å². The molecule has 4 aliphatic rings. The first-order valence-electron chi connectivity index (χ1n) is 10.7. The largest absolute Gasteiger partial charge is 0.493 e. The third-order valence-electron chi connectivity index (χ3n) is 6.88. The molecule has 0 atom stereocenters. The summed E-state index contributed by atoms with van der Waals surface area (Å²) in [6.07, 6.45) is 10.2. The number of para-hydroxylation sites is 1. The number of halogens is 2. The molecule has 8 heteroatoms. The number of ether oxygens (including phenoxy) is 2. The number of nitrogens with one attached hydrogen (secondary N) is 2. The second-order valence-electron chi connectivity index (χ2n) is 9.22. The first kappa shape index (κ1) is 21.6. The van der Waals surface area contributed by atoms with Crippen LogP contribution in [0, 0.1) is 23.2 Å². The van der Waals surface area contributed by atoms with Crippen LogP contribution < -0.4 is 20.3 Å². The first-order valence-corrected chi connectivity index (χ1v) is 10.7. The molecule has 5 rings (SSSR count). The number of benzene rings is 1. The zero-order chi connectivity index (χ0) is 22.0. The van der Waals surface area contributed by atoms with Crippen molar-refractivity contribution < 1.29 is 27.8 Å². The molecule has 4 bridgehead atoms. The molecule has 0 unspecified atom stereocenters. The van der Waals surface area contributed by atoms with Crippen molar-refractivity contribution >= 4 is 17.9 Å². The molecule has 0 aliphatic heterocycles. The van der Waals surface area contributed by atoms with E-state index in [-0.39, 0.29) is 28.4 Å². The molecule has 0 spiro atoms. The fourth-order valence-electron chi connectivity index (χ4n) is 6.27. The summed E-state index contributed by atoms with van der Waals surface area (Å²) in [7, 11) is 1.34. The van der Waals surface area contributed by atoms with Crippen molar-refractivity contribution in [2.45, 2.75) is 51.6 Å². The molecule has 2 N–H and O–H groups in total. The third-order valence-corrected chi connectivity index (χ3v) is 6.88. The predicted molar refractivity (Wildman–Crippen MR) is 110 cm³/mol. The predicted octanol–water partition coefficient (Wildman–Crippen LogP) is 4.06. The highest BCUT2D eigenvalue weighted by Crippen LogP contribution is 2.61. The third kappa shape index (κ3) is 4.99. The second kappa shape index (κ2) is 8.85. The Balaban J connectivity index is 1.31. The molecule has 4 saturated carbocycles. The molecule has 0 radical (unpaired) electrons. The smallest absolute Gasteiger partial charge is 0.387 e. The average molecular weight is 434 g/mol. The molecule has 168 valence electrons. The van der Waals surface area contributed by atoms with Crippen molar-refractivity contribution in [3.05, 3.63) is 29.8 Å². The number of rotatable bonds is 7. The molecular formula is C23H28F2N2O4. The lowest BCUT2D eigenvalue weighted by Crippen LogP contribution is -2.49. The number of carbonyl (C=O) groups excluding carboxylic acids is 2. The number of hydrazine groups is 1. The Morgan fingerprint density at radius 2 is 1.77 bits per heavy atom. The minimum absolute atomic E-state index is 0.0848. The molecule has 0 saturated heterocycles. The molecule has 6 nitrogen and oxygen atoms in total. The Labute approximate surface area is 180 Å². The van der Waals surface area contributed by atoms with E-state index in [4.69, 9.17) is 4.74 Å². The van der Waals surface area contributed by atoms with Crippen molar-refractivity contribution in [3.8, 4) is 11.5 Å². The zero-order valence-corrected chi connectivity index (χ0v) is 17.5. The molecule has 1 aromatic carbocycles. The van der Waals surface area contributed by atoms with Gasteiger partial charge in [-0.2, -0.15) is 8.78 Å². The molecule has 4 fully saturated rings. The normalized spacial score (nSPS) is 28.7. The number of alkyl halides is 2. The average Bonchev–Trinajstić information content (AvgIpc) is 2.69. The number of hydrogen-bond acceptors (Lipinski definition) is 4. The summed E-state index contributed by atoms with van der Waals surface area (Å²) in [4.78, 5) is 24.6. The number of amides is 2. The number of hydrogen-bond donors (Lipinski definition) is 2. The summed E-state index contributed by atoms with van der Waals surface area (Å²) >= 11 is 0. The van der Waals surface area contributed by atoms with Crippen LogP contribution in [-0.2, 0) is 9.59 Å². The summed E-state index contributed by atoms with van der Waals surface area (Å²) in [5, 5.41) is 0. The van der Waals surface area contributed by atoms with Crippen LogP contribution in [0.3, 0.4) is 0 Å². The molecule has 2 amide bonds. The Morgan fingerprint density at radius 1 is 1.13 bits per heavy atom. The lowest BCUT2D eigenvalue weighted by Gasteiger charge is -2.56. The van der Waals surface area contributed by atoms with E-state index in [2.05, 4.69) is 15.6 Å². The van der Waals surface area contributed by atoms with Gasteiger partial charge in [-0.1, -0.05) is 12.1 Å². The highest BCUT2D eigenvalue weighted by molar-refractivity contribution is 5.93. The van der Waals surface area contributed by atoms with E-state index < -0.39 is 12.5 Å². The van der Waals surface area contributed by atoms with Gasteiger partial charge in [0, 0.05) is 18.1 Å². The van der Waals surface area contributed by atoms with Crippen molar-refractivity contribution in [2.24, 2.45) is 23.2 Å². The van der Waals surface area contributed by atoms with Crippen LogP contribution in [0.5, 0.6) is 11.5 Å². The topological polar surface area (TPSA) is 76.7 Å². The summed E-state index contributed by atoms with van der Waals surface area (Å²) in [6.45, 7) is -3.03. The van der Waals surface area contributed by atoms with Gasteiger partial charge in [0.2, 0.25) is 5.91 Å². The first-order chi connectivity index (χ1) is 14.9. The fourth-order valence-corrected chi connectivity index (χ4v) is 6.27. The second-order valence-corrected chi connectivity index (χ2v) is 9.22. The highest BCUT2D eigenvalue weighted by Gasteiger charge is 2.51. The minimum Gasteiger partial charge on any atom is -0.493 e. The zero-order valence-electron chi connectivity index (χ0n) is 17.5. The van der Waals surface area contributed by atoms with E-state index >= 15 is 0 Å². The van der Waals surface area contributed by atoms with Gasteiger partial charge in [0.05, 0.1) is 7.11 Å². The van der Waals surface area contributed by atoms with Crippen LogP contribution >= 0.6 is 0 Å². The van der Waals surface area contributed by atoms with Gasteiger partial charge in [-0.25, -0.2) is 0 Å². The summed E-state index contributed by atoms with van der Waals surface area (Å²) in [6, 6.07) is 4.61. The van der Waals surface area contributed by atoms with Gasteiger partial charge in [-0.3, -0.25) is 20.4 Å². The number of carbonyl (C=O) groups is 2. The van der Waals surface area contributed by atoms with E-state index in [1.54, 1.807) is 6.07 Å². The van der Waals surface area contributed by atoms with Crippen molar-refractivity contribution in [3.63, 3.8) is 0 Å². The van der Waals surface area contributed by atoms with Gasteiger partial charge < -0.3 is 9.47 Å². The van der Waals surface area contributed by atoms with E-state index in [0.717, 1.165) is 43.1 Å². The SMILES string of the molecule is COc1cccc(/C=C/C(=O)NNC(=O)CC23CC4CC(CC(C4)C2)C3)c1OC(F)F. The van der Waals surface area contributed by atoms with Gasteiger partial charge in [-0.05, 0) is 73.8 Å². The lowest BCUT2D eigenvalue weighted by atomic mass is 9.49. The lowest BCUT2D eigenvalue weighted by molar-refractivity contribution is -0.133. The number of methoxy groups -OCH3 is 1. The molecular weight excluding hydrogens is 406 g/mol. The van der Waals surface area contributed by atoms with Crippen LogP contribution in [0.4, 0.5) is 8.78 Å². The monoisotopic (exact) mass is 434 g/mol. The van der Waals surface area contributed by atoms with Crippen molar-refractivity contribution in [1.29, 1.82) is 0 Å². The van der Waals surface area contributed by atoms with Gasteiger partial charge in [0.1, 0.15) is 0 Å². The Hall–Kier alpha value is -2.64. The van der Waals surface area contributed by atoms with E-state index in [1.807, 2.05) is 0 Å². The minimum atomic E-state index is -3.03. The van der Waals surface area contributed by atoms with Crippen molar-refractivity contribution in [2.75, 3.05) is 7.11 Å². The fraction of sp³-hybridized carbons (Fsp3) is 0.565. The highest BCUT2D eigenvalue weighted by atomic mass is 19.3. The van der Waals surface area contributed by atoms with Crippen molar-refractivity contribution in [1.82, 2.24) is 10.9 Å². The van der Waals surface area contributed by atoms with E-state index in [9.17, 15) is 18.4 Å². The van der Waals surface area contributed by atoms with Crippen LogP contribution in [0.25, 0.3) is 6.08 Å². The maximum atomic E-state index is 12.7. The Morgan fingerprint density at radius 3 is 2.35 bits per heavy atom.